The summed E-state index contributed by atoms with van der Waals surface area (Å²) in [4.78, 5) is 12.6. The van der Waals surface area contributed by atoms with Gasteiger partial charge in [-0.05, 0) is 25.7 Å². The van der Waals surface area contributed by atoms with Crippen molar-refractivity contribution in [2.24, 2.45) is 5.41 Å². The van der Waals surface area contributed by atoms with E-state index in [1.807, 2.05) is 30.3 Å². The zero-order valence-corrected chi connectivity index (χ0v) is 11.6. The Hall–Kier alpha value is -1.63. The number of carbonyl (C=O) groups is 1. The van der Waals surface area contributed by atoms with Crippen LogP contribution in [0.15, 0.2) is 53.1 Å². The van der Waals surface area contributed by atoms with Gasteiger partial charge in [-0.2, -0.15) is 0 Å². The van der Waals surface area contributed by atoms with E-state index in [1.165, 1.54) is 11.1 Å². The van der Waals surface area contributed by atoms with Gasteiger partial charge >= 0.3 is 0 Å². The maximum absolute atomic E-state index is 12.6. The lowest BCUT2D eigenvalue weighted by molar-refractivity contribution is 0.100. The summed E-state index contributed by atoms with van der Waals surface area (Å²) in [5, 5.41) is 0. The van der Waals surface area contributed by atoms with E-state index in [2.05, 4.69) is 33.8 Å². The zero-order valence-electron chi connectivity index (χ0n) is 11.6. The Morgan fingerprint density at radius 3 is 2.33 bits per heavy atom. The van der Waals surface area contributed by atoms with Crippen molar-refractivity contribution in [3.05, 3.63) is 58.7 Å². The Labute approximate surface area is 109 Å². The third kappa shape index (κ3) is 2.31. The normalized spacial score (nSPS) is 18.6. The summed E-state index contributed by atoms with van der Waals surface area (Å²) in [6, 6.07) is 9.54. The fraction of sp³-hybridized carbons (Fsp3) is 0.353. The van der Waals surface area contributed by atoms with Gasteiger partial charge in [0, 0.05) is 11.1 Å². The lowest BCUT2D eigenvalue weighted by Crippen LogP contribution is -2.25. The minimum atomic E-state index is -0.0729. The first-order chi connectivity index (χ1) is 8.42. The van der Waals surface area contributed by atoms with E-state index in [1.54, 1.807) is 0 Å². The second-order valence-corrected chi connectivity index (χ2v) is 5.78. The van der Waals surface area contributed by atoms with Crippen molar-refractivity contribution < 1.29 is 4.79 Å². The van der Waals surface area contributed by atoms with E-state index >= 15 is 0 Å². The van der Waals surface area contributed by atoms with E-state index in [9.17, 15) is 4.79 Å². The van der Waals surface area contributed by atoms with Crippen LogP contribution < -0.4 is 0 Å². The first kappa shape index (κ1) is 12.8. The van der Waals surface area contributed by atoms with Gasteiger partial charge in [0.1, 0.15) is 0 Å². The Morgan fingerprint density at radius 2 is 1.72 bits per heavy atom. The van der Waals surface area contributed by atoms with Crippen molar-refractivity contribution in [2.45, 2.75) is 34.1 Å². The van der Waals surface area contributed by atoms with Crippen LogP contribution in [-0.4, -0.2) is 5.78 Å². The molecule has 0 unspecified atom stereocenters. The molecule has 2 rings (SSSR count). The number of benzene rings is 1. The Bertz CT molecular complexity index is 530. The van der Waals surface area contributed by atoms with Crippen molar-refractivity contribution in [3.63, 3.8) is 0 Å². The summed E-state index contributed by atoms with van der Waals surface area (Å²) in [7, 11) is 0. The number of allylic oxidation sites excluding steroid dienone is 4. The molecular weight excluding hydrogens is 220 g/mol. The third-order valence-electron chi connectivity index (χ3n) is 3.75. The molecule has 0 amide bonds. The standard InChI is InChI=1S/C17H20O/c1-12-10-15(17(3,4)11-13(12)2)16(18)14-8-6-5-7-9-14/h5-10H,11H2,1-4H3. The number of hydrogen-bond donors (Lipinski definition) is 0. The highest BCUT2D eigenvalue weighted by Gasteiger charge is 2.32. The smallest absolute Gasteiger partial charge is 0.189 e. The number of Topliss-reactive ketones (excluding diaryl/α,β-unsaturated/α-hetero) is 1. The minimum Gasteiger partial charge on any atom is -0.289 e. The molecule has 1 aliphatic rings. The van der Waals surface area contributed by atoms with Gasteiger partial charge < -0.3 is 0 Å². The van der Waals surface area contributed by atoms with Crippen molar-refractivity contribution in [2.75, 3.05) is 0 Å². The van der Waals surface area contributed by atoms with Crippen molar-refractivity contribution in [3.8, 4) is 0 Å². The van der Waals surface area contributed by atoms with Crippen LogP contribution in [-0.2, 0) is 0 Å². The molecule has 0 radical (unpaired) electrons. The van der Waals surface area contributed by atoms with Crippen LogP contribution in [0.5, 0.6) is 0 Å². The molecule has 0 saturated carbocycles. The van der Waals surface area contributed by atoms with Crippen LogP contribution in [0, 0.1) is 5.41 Å². The number of hydrogen-bond acceptors (Lipinski definition) is 1. The summed E-state index contributed by atoms with van der Waals surface area (Å²) in [6.45, 7) is 8.53. The summed E-state index contributed by atoms with van der Waals surface area (Å²) < 4.78 is 0. The molecule has 1 nitrogen and oxygen atoms in total. The molecule has 0 aliphatic heterocycles. The maximum atomic E-state index is 12.6. The molecule has 0 N–H and O–H groups in total. The van der Waals surface area contributed by atoms with Crippen LogP contribution in [0.25, 0.3) is 0 Å². The fourth-order valence-corrected chi connectivity index (χ4v) is 2.55. The largest absolute Gasteiger partial charge is 0.289 e. The Morgan fingerprint density at radius 1 is 1.11 bits per heavy atom. The van der Waals surface area contributed by atoms with Gasteiger partial charge in [-0.15, -0.1) is 0 Å². The van der Waals surface area contributed by atoms with E-state index in [-0.39, 0.29) is 11.2 Å². The van der Waals surface area contributed by atoms with Crippen LogP contribution in [0.2, 0.25) is 0 Å². The summed E-state index contributed by atoms with van der Waals surface area (Å²) in [6.07, 6.45) is 3.03. The monoisotopic (exact) mass is 240 g/mol. The average molecular weight is 240 g/mol. The predicted molar refractivity (Wildman–Crippen MR) is 75.6 cm³/mol. The second-order valence-electron chi connectivity index (χ2n) is 5.78. The molecule has 0 saturated heterocycles. The van der Waals surface area contributed by atoms with Crippen molar-refractivity contribution in [1.29, 1.82) is 0 Å². The lowest BCUT2D eigenvalue weighted by Gasteiger charge is -2.32. The van der Waals surface area contributed by atoms with Gasteiger partial charge in [-0.1, -0.05) is 61.4 Å². The SMILES string of the molecule is CC1=C(C)CC(C)(C)C(C(=O)c2ccccc2)=C1. The second kappa shape index (κ2) is 4.56. The van der Waals surface area contributed by atoms with Gasteiger partial charge in [0.05, 0.1) is 0 Å². The minimum absolute atomic E-state index is 0.0729. The molecule has 0 aromatic heterocycles. The Kier molecular flexibility index (Phi) is 3.25. The molecule has 1 aliphatic carbocycles. The van der Waals surface area contributed by atoms with Gasteiger partial charge in [0.25, 0.3) is 0 Å². The fourth-order valence-electron chi connectivity index (χ4n) is 2.55. The topological polar surface area (TPSA) is 17.1 Å². The van der Waals surface area contributed by atoms with E-state index < -0.39 is 0 Å². The van der Waals surface area contributed by atoms with Crippen molar-refractivity contribution >= 4 is 5.78 Å². The first-order valence-corrected chi connectivity index (χ1v) is 6.40. The quantitative estimate of drug-likeness (QED) is 0.692. The predicted octanol–water partition coefficient (Wildman–Crippen LogP) is 4.56. The van der Waals surface area contributed by atoms with Crippen LogP contribution in [0.4, 0.5) is 0 Å². The van der Waals surface area contributed by atoms with Gasteiger partial charge in [0.2, 0.25) is 0 Å². The molecule has 0 spiro atoms. The van der Waals surface area contributed by atoms with E-state index in [0.29, 0.717) is 0 Å². The van der Waals surface area contributed by atoms with Gasteiger partial charge in [-0.3, -0.25) is 4.79 Å². The zero-order chi connectivity index (χ0) is 13.3. The van der Waals surface area contributed by atoms with Crippen LogP contribution >= 0.6 is 0 Å². The number of carbonyl (C=O) groups excluding carboxylic acids is 1. The molecule has 94 valence electrons. The molecule has 1 heteroatoms. The summed E-state index contributed by atoms with van der Waals surface area (Å²) in [5.74, 6) is 0.160. The van der Waals surface area contributed by atoms with Gasteiger partial charge in [0.15, 0.2) is 5.78 Å². The molecule has 0 atom stereocenters. The molecule has 0 fully saturated rings. The number of rotatable bonds is 2. The summed E-state index contributed by atoms with van der Waals surface area (Å²) in [5.41, 5.74) is 4.25. The Balaban J connectivity index is 2.44. The number of ketones is 1. The highest BCUT2D eigenvalue weighted by Crippen LogP contribution is 2.40. The molecule has 18 heavy (non-hydrogen) atoms. The molecule has 1 aromatic rings. The highest BCUT2D eigenvalue weighted by molar-refractivity contribution is 6.10. The summed E-state index contributed by atoms with van der Waals surface area (Å²) >= 11 is 0. The molecule has 0 heterocycles. The van der Waals surface area contributed by atoms with Crippen molar-refractivity contribution in [1.82, 2.24) is 0 Å². The lowest BCUT2D eigenvalue weighted by atomic mass is 9.71. The van der Waals surface area contributed by atoms with Gasteiger partial charge in [-0.25, -0.2) is 0 Å². The van der Waals surface area contributed by atoms with E-state index in [4.69, 9.17) is 0 Å². The third-order valence-corrected chi connectivity index (χ3v) is 3.75. The van der Waals surface area contributed by atoms with Crippen LogP contribution in [0.3, 0.4) is 0 Å². The van der Waals surface area contributed by atoms with Crippen LogP contribution in [0.1, 0.15) is 44.5 Å². The average Bonchev–Trinajstić information content (AvgIpc) is 2.33. The highest BCUT2D eigenvalue weighted by atomic mass is 16.1. The first-order valence-electron chi connectivity index (χ1n) is 6.40. The molecule has 0 bridgehead atoms. The molecular formula is C17H20O. The maximum Gasteiger partial charge on any atom is 0.189 e. The van der Waals surface area contributed by atoms with E-state index in [0.717, 1.165) is 17.6 Å². The molecule has 1 aromatic carbocycles.